The van der Waals surface area contributed by atoms with Crippen LogP contribution in [-0.2, 0) is 10.0 Å². The maximum absolute atomic E-state index is 13.0. The number of hydrogen-bond donors (Lipinski definition) is 1. The van der Waals surface area contributed by atoms with Gasteiger partial charge in [0.05, 0.1) is 18.0 Å². The number of para-hydroxylation sites is 2. The van der Waals surface area contributed by atoms with Crippen LogP contribution in [0.5, 0.6) is 5.75 Å². The Kier molecular flexibility index (Phi) is 6.82. The topological polar surface area (TPSA) is 88.6 Å². The Labute approximate surface area is 196 Å². The van der Waals surface area contributed by atoms with E-state index in [1.54, 1.807) is 35.7 Å². The molecular weight excluding hydrogens is 466 g/mol. The van der Waals surface area contributed by atoms with Gasteiger partial charge in [0, 0.05) is 24.0 Å². The second kappa shape index (κ2) is 9.60. The number of benzene rings is 1. The van der Waals surface area contributed by atoms with Crippen LogP contribution in [0.1, 0.15) is 41.6 Å². The molecule has 0 spiro atoms. The minimum absolute atomic E-state index is 0.0169. The van der Waals surface area contributed by atoms with Crippen molar-refractivity contribution >= 4 is 44.3 Å². The number of aryl methyl sites for hydroxylation is 1. The largest absolute Gasteiger partial charge is 0.492 e. The number of hydrogen-bond acceptors (Lipinski definition) is 7. The van der Waals surface area contributed by atoms with Crippen LogP contribution in [0.2, 0.25) is 0 Å². The van der Waals surface area contributed by atoms with Gasteiger partial charge in [0.2, 0.25) is 0 Å². The first-order valence-electron chi connectivity index (χ1n) is 10.5. The Morgan fingerprint density at radius 3 is 2.72 bits per heavy atom. The first-order valence-corrected chi connectivity index (χ1v) is 13.7. The number of nitrogens with zero attached hydrogens (tertiary/aromatic N) is 2. The maximum atomic E-state index is 13.0. The average Bonchev–Trinajstić information content (AvgIpc) is 3.43. The number of nitrogens with one attached hydrogen (secondary N) is 1. The predicted molar refractivity (Wildman–Crippen MR) is 128 cm³/mol. The van der Waals surface area contributed by atoms with Crippen molar-refractivity contribution in [2.45, 2.75) is 37.3 Å². The fraction of sp³-hybridized carbons (Fsp3) is 0.364. The molecule has 0 saturated carbocycles. The third-order valence-corrected chi connectivity index (χ3v) is 9.15. The monoisotopic (exact) mass is 491 g/mol. The van der Waals surface area contributed by atoms with Crippen LogP contribution < -0.4 is 9.46 Å². The van der Waals surface area contributed by atoms with Crippen molar-refractivity contribution in [1.82, 2.24) is 9.88 Å². The molecule has 0 aliphatic carbocycles. The van der Waals surface area contributed by atoms with Gasteiger partial charge in [-0.3, -0.25) is 9.52 Å². The van der Waals surface area contributed by atoms with Gasteiger partial charge in [0.15, 0.2) is 0 Å². The smallest absolute Gasteiger partial charge is 0.271 e. The Morgan fingerprint density at radius 1 is 1.22 bits per heavy atom. The molecule has 0 radical (unpaired) electrons. The SMILES string of the molecule is CCOc1ccccc1NS(=O)(=O)c1cc(-c2nc(C)c(C(=O)N3CCCCC3)s2)cs1. The Balaban J connectivity index is 1.56. The maximum Gasteiger partial charge on any atom is 0.271 e. The number of rotatable bonds is 7. The third-order valence-electron chi connectivity index (χ3n) is 5.15. The number of thiophene rings is 1. The summed E-state index contributed by atoms with van der Waals surface area (Å²) in [5, 5.41) is 2.41. The van der Waals surface area contributed by atoms with Gasteiger partial charge < -0.3 is 9.64 Å². The van der Waals surface area contributed by atoms with Crippen LogP contribution >= 0.6 is 22.7 Å². The van der Waals surface area contributed by atoms with Crippen molar-refractivity contribution in [3.8, 4) is 16.3 Å². The number of ether oxygens (including phenoxy) is 1. The zero-order valence-electron chi connectivity index (χ0n) is 18.0. The van der Waals surface area contributed by atoms with Crippen LogP contribution in [0.25, 0.3) is 10.6 Å². The summed E-state index contributed by atoms with van der Waals surface area (Å²) >= 11 is 2.44. The molecule has 1 aliphatic rings. The van der Waals surface area contributed by atoms with E-state index in [4.69, 9.17) is 4.74 Å². The van der Waals surface area contributed by atoms with E-state index < -0.39 is 10.0 Å². The zero-order chi connectivity index (χ0) is 22.7. The van der Waals surface area contributed by atoms with Gasteiger partial charge in [-0.15, -0.1) is 22.7 Å². The van der Waals surface area contributed by atoms with Crippen molar-refractivity contribution in [2.75, 3.05) is 24.4 Å². The van der Waals surface area contributed by atoms with E-state index in [0.717, 1.165) is 43.7 Å². The summed E-state index contributed by atoms with van der Waals surface area (Å²) in [6.45, 7) is 5.66. The summed E-state index contributed by atoms with van der Waals surface area (Å²) in [5.74, 6) is 0.495. The summed E-state index contributed by atoms with van der Waals surface area (Å²) in [7, 11) is -3.79. The summed E-state index contributed by atoms with van der Waals surface area (Å²) < 4.78 is 34.2. The Bertz CT molecular complexity index is 1210. The molecule has 0 unspecified atom stereocenters. The number of piperidine rings is 1. The lowest BCUT2D eigenvalue weighted by atomic mass is 10.1. The molecule has 1 N–H and O–H groups in total. The zero-order valence-corrected chi connectivity index (χ0v) is 20.4. The second-order valence-corrected chi connectivity index (χ2v) is 11.3. The van der Waals surface area contributed by atoms with Crippen molar-refractivity contribution in [2.24, 2.45) is 0 Å². The number of carbonyl (C=O) groups excluding carboxylic acids is 1. The van der Waals surface area contributed by atoms with Gasteiger partial charge >= 0.3 is 0 Å². The molecule has 3 heterocycles. The lowest BCUT2D eigenvalue weighted by molar-refractivity contribution is 0.0728. The molecular formula is C22H25N3O4S3. The van der Waals surface area contributed by atoms with E-state index in [9.17, 15) is 13.2 Å². The van der Waals surface area contributed by atoms with Crippen LogP contribution in [0.3, 0.4) is 0 Å². The number of sulfonamides is 1. The highest BCUT2D eigenvalue weighted by molar-refractivity contribution is 7.94. The summed E-state index contributed by atoms with van der Waals surface area (Å²) in [6, 6.07) is 8.53. The van der Waals surface area contributed by atoms with Crippen molar-refractivity contribution in [1.29, 1.82) is 0 Å². The predicted octanol–water partition coefficient (Wildman–Crippen LogP) is 5.01. The summed E-state index contributed by atoms with van der Waals surface area (Å²) in [5.41, 5.74) is 1.77. The van der Waals surface area contributed by atoms with Gasteiger partial charge in [-0.1, -0.05) is 12.1 Å². The van der Waals surface area contributed by atoms with Crippen molar-refractivity contribution in [3.05, 3.63) is 46.3 Å². The normalized spacial score (nSPS) is 14.4. The number of carbonyl (C=O) groups is 1. The van der Waals surface area contributed by atoms with Crippen molar-refractivity contribution in [3.63, 3.8) is 0 Å². The van der Waals surface area contributed by atoms with E-state index in [2.05, 4.69) is 9.71 Å². The molecule has 170 valence electrons. The summed E-state index contributed by atoms with van der Waals surface area (Å²) in [4.78, 5) is 20.0. The van der Waals surface area contributed by atoms with Gasteiger partial charge in [-0.25, -0.2) is 13.4 Å². The Morgan fingerprint density at radius 2 is 1.97 bits per heavy atom. The first kappa shape index (κ1) is 22.8. The molecule has 2 aromatic heterocycles. The molecule has 4 rings (SSSR count). The molecule has 10 heteroatoms. The molecule has 32 heavy (non-hydrogen) atoms. The molecule has 1 fully saturated rings. The quantitative estimate of drug-likeness (QED) is 0.502. The van der Waals surface area contributed by atoms with Crippen LogP contribution in [0.15, 0.2) is 39.9 Å². The van der Waals surface area contributed by atoms with Gasteiger partial charge in [-0.05, 0) is 51.3 Å². The highest BCUT2D eigenvalue weighted by Crippen LogP contribution is 2.35. The lowest BCUT2D eigenvalue weighted by Gasteiger charge is -2.26. The fourth-order valence-corrected chi connectivity index (χ4v) is 6.89. The van der Waals surface area contributed by atoms with Crippen LogP contribution in [0.4, 0.5) is 5.69 Å². The van der Waals surface area contributed by atoms with E-state index in [1.807, 2.05) is 18.7 Å². The number of thiazole rings is 1. The molecule has 0 atom stereocenters. The Hall–Kier alpha value is -2.43. The third kappa shape index (κ3) is 4.82. The standard InChI is InChI=1S/C22H25N3O4S3/c1-3-29-18-10-6-5-9-17(18)24-32(27,28)19-13-16(14-30-19)21-23-15(2)20(31-21)22(26)25-11-7-4-8-12-25/h5-6,9-10,13-14,24H,3-4,7-8,11-12H2,1-2H3. The molecule has 1 aliphatic heterocycles. The molecule has 0 bridgehead atoms. The fourth-order valence-electron chi connectivity index (χ4n) is 3.56. The molecule has 1 aromatic carbocycles. The van der Waals surface area contributed by atoms with Gasteiger partial charge in [0.1, 0.15) is 19.8 Å². The average molecular weight is 492 g/mol. The summed E-state index contributed by atoms with van der Waals surface area (Å²) in [6.07, 6.45) is 3.22. The van der Waals surface area contributed by atoms with Crippen LogP contribution in [0, 0.1) is 6.92 Å². The van der Waals surface area contributed by atoms with Gasteiger partial charge in [-0.2, -0.15) is 0 Å². The molecule has 1 amide bonds. The second-order valence-electron chi connectivity index (χ2n) is 7.48. The number of anilines is 1. The van der Waals surface area contributed by atoms with E-state index >= 15 is 0 Å². The molecule has 3 aromatic rings. The molecule has 7 nitrogen and oxygen atoms in total. The van der Waals surface area contributed by atoms with E-state index in [1.165, 1.54) is 11.3 Å². The van der Waals surface area contributed by atoms with E-state index in [0.29, 0.717) is 39.2 Å². The highest BCUT2D eigenvalue weighted by atomic mass is 32.2. The first-order chi connectivity index (χ1) is 15.4. The van der Waals surface area contributed by atoms with Gasteiger partial charge in [0.25, 0.3) is 15.9 Å². The minimum atomic E-state index is -3.79. The van der Waals surface area contributed by atoms with Crippen molar-refractivity contribution < 1.29 is 17.9 Å². The lowest BCUT2D eigenvalue weighted by Crippen LogP contribution is -2.35. The molecule has 1 saturated heterocycles. The highest BCUT2D eigenvalue weighted by Gasteiger charge is 2.25. The number of amides is 1. The van der Waals surface area contributed by atoms with E-state index in [-0.39, 0.29) is 10.1 Å². The minimum Gasteiger partial charge on any atom is -0.492 e. The number of likely N-dealkylation sites (tertiary alicyclic amines) is 1. The van der Waals surface area contributed by atoms with Crippen LogP contribution in [-0.4, -0.2) is 43.9 Å². The number of aromatic nitrogens is 1.